The van der Waals surface area contributed by atoms with Crippen LogP contribution in [-0.4, -0.2) is 37.0 Å². The highest BCUT2D eigenvalue weighted by Gasteiger charge is 2.15. The van der Waals surface area contributed by atoms with Crippen LogP contribution in [0.2, 0.25) is 0 Å². The van der Waals surface area contributed by atoms with Crippen molar-refractivity contribution in [1.29, 1.82) is 0 Å². The highest BCUT2D eigenvalue weighted by Crippen LogP contribution is 2.16. The summed E-state index contributed by atoms with van der Waals surface area (Å²) in [5.41, 5.74) is 0. The maximum Gasteiger partial charge on any atom is 0.220 e. The number of carbonyl (C=O) groups excluding carboxylic acids is 1. The van der Waals surface area contributed by atoms with Crippen LogP contribution in [-0.2, 0) is 4.79 Å². The molecule has 0 bridgehead atoms. The maximum absolute atomic E-state index is 11.4. The van der Waals surface area contributed by atoms with Crippen molar-refractivity contribution in [3.63, 3.8) is 0 Å². The Balaban J connectivity index is 0.00000196. The van der Waals surface area contributed by atoms with E-state index in [1.54, 1.807) is 0 Å². The van der Waals surface area contributed by atoms with Gasteiger partial charge in [0, 0.05) is 12.5 Å². The predicted molar refractivity (Wildman–Crippen MR) is 68.9 cm³/mol. The second-order valence-corrected chi connectivity index (χ2v) is 4.89. The molecule has 0 aromatic heterocycles. The standard InChI is InChI=1S/C10H20N2OS.ClH/c1-11-6-2-3-10(13)12-9-4-7-14-8-5-9;/h9,11H,2-8H2,1H3,(H,12,13);1H. The van der Waals surface area contributed by atoms with E-state index in [4.69, 9.17) is 0 Å². The average molecular weight is 253 g/mol. The molecule has 1 amide bonds. The molecule has 3 nitrogen and oxygen atoms in total. The van der Waals surface area contributed by atoms with E-state index >= 15 is 0 Å². The minimum atomic E-state index is 0. The first-order valence-electron chi connectivity index (χ1n) is 5.34. The van der Waals surface area contributed by atoms with Crippen molar-refractivity contribution in [3.8, 4) is 0 Å². The molecule has 1 saturated heterocycles. The lowest BCUT2D eigenvalue weighted by Crippen LogP contribution is -2.37. The molecule has 0 unspecified atom stereocenters. The van der Waals surface area contributed by atoms with Gasteiger partial charge in [-0.2, -0.15) is 11.8 Å². The van der Waals surface area contributed by atoms with E-state index in [-0.39, 0.29) is 18.3 Å². The second-order valence-electron chi connectivity index (χ2n) is 3.66. The van der Waals surface area contributed by atoms with Gasteiger partial charge in [-0.15, -0.1) is 12.4 Å². The first kappa shape index (κ1) is 15.1. The van der Waals surface area contributed by atoms with Crippen molar-refractivity contribution in [2.75, 3.05) is 25.1 Å². The number of hydrogen-bond acceptors (Lipinski definition) is 3. The molecule has 0 aliphatic carbocycles. The molecular weight excluding hydrogens is 232 g/mol. The van der Waals surface area contributed by atoms with Crippen LogP contribution in [0, 0.1) is 0 Å². The van der Waals surface area contributed by atoms with Crippen LogP contribution in [0.5, 0.6) is 0 Å². The molecule has 15 heavy (non-hydrogen) atoms. The molecule has 1 heterocycles. The van der Waals surface area contributed by atoms with E-state index in [9.17, 15) is 4.79 Å². The highest BCUT2D eigenvalue weighted by atomic mass is 35.5. The Bertz CT molecular complexity index is 175. The maximum atomic E-state index is 11.4. The first-order chi connectivity index (χ1) is 6.83. The Hall–Kier alpha value is 0.0700. The molecule has 1 aliphatic heterocycles. The largest absolute Gasteiger partial charge is 0.353 e. The number of carbonyl (C=O) groups is 1. The van der Waals surface area contributed by atoms with Crippen molar-refractivity contribution in [2.45, 2.75) is 31.7 Å². The highest BCUT2D eigenvalue weighted by molar-refractivity contribution is 7.99. The first-order valence-corrected chi connectivity index (χ1v) is 6.50. The molecule has 0 radical (unpaired) electrons. The Morgan fingerprint density at radius 2 is 2.07 bits per heavy atom. The molecule has 1 fully saturated rings. The topological polar surface area (TPSA) is 41.1 Å². The number of halogens is 1. The summed E-state index contributed by atoms with van der Waals surface area (Å²) in [6.45, 7) is 0.925. The zero-order chi connectivity index (χ0) is 10.2. The van der Waals surface area contributed by atoms with Gasteiger partial charge in [-0.25, -0.2) is 0 Å². The van der Waals surface area contributed by atoms with Gasteiger partial charge in [0.25, 0.3) is 0 Å². The quantitative estimate of drug-likeness (QED) is 0.728. The van der Waals surface area contributed by atoms with Crippen molar-refractivity contribution < 1.29 is 4.79 Å². The fraction of sp³-hybridized carbons (Fsp3) is 0.900. The Kier molecular flexibility index (Phi) is 9.35. The van der Waals surface area contributed by atoms with Gasteiger partial charge in [0.15, 0.2) is 0 Å². The van der Waals surface area contributed by atoms with Gasteiger partial charge in [-0.1, -0.05) is 0 Å². The second kappa shape index (κ2) is 9.31. The average Bonchev–Trinajstić information content (AvgIpc) is 2.20. The van der Waals surface area contributed by atoms with Crippen molar-refractivity contribution >= 4 is 30.1 Å². The Morgan fingerprint density at radius 1 is 1.40 bits per heavy atom. The van der Waals surface area contributed by atoms with E-state index in [1.165, 1.54) is 11.5 Å². The molecule has 90 valence electrons. The molecule has 0 aromatic carbocycles. The third-order valence-electron chi connectivity index (χ3n) is 2.42. The van der Waals surface area contributed by atoms with Crippen LogP contribution in [0.4, 0.5) is 0 Å². The molecule has 1 aliphatic rings. The zero-order valence-corrected chi connectivity index (χ0v) is 10.9. The summed E-state index contributed by atoms with van der Waals surface area (Å²) in [5, 5.41) is 6.14. The Morgan fingerprint density at radius 3 is 2.67 bits per heavy atom. The van der Waals surface area contributed by atoms with Gasteiger partial charge in [0.1, 0.15) is 0 Å². The lowest BCUT2D eigenvalue weighted by molar-refractivity contribution is -0.121. The molecule has 2 N–H and O–H groups in total. The fourth-order valence-corrected chi connectivity index (χ4v) is 2.67. The molecular formula is C10H21ClN2OS. The summed E-state index contributed by atoms with van der Waals surface area (Å²) in [6.07, 6.45) is 3.87. The lowest BCUT2D eigenvalue weighted by Gasteiger charge is -2.22. The van der Waals surface area contributed by atoms with E-state index in [0.717, 1.165) is 25.8 Å². The molecule has 0 spiro atoms. The van der Waals surface area contributed by atoms with Gasteiger partial charge in [0.05, 0.1) is 0 Å². The number of thioether (sulfide) groups is 1. The summed E-state index contributed by atoms with van der Waals surface area (Å²) in [5.74, 6) is 2.61. The smallest absolute Gasteiger partial charge is 0.220 e. The SMILES string of the molecule is CNCCCC(=O)NC1CCSCC1.Cl. The van der Waals surface area contributed by atoms with Crippen molar-refractivity contribution in [3.05, 3.63) is 0 Å². The third-order valence-corrected chi connectivity index (χ3v) is 3.47. The minimum absolute atomic E-state index is 0. The van der Waals surface area contributed by atoms with Gasteiger partial charge in [-0.3, -0.25) is 4.79 Å². The normalized spacial score (nSPS) is 16.9. The number of rotatable bonds is 5. The molecule has 0 saturated carbocycles. The van der Waals surface area contributed by atoms with Gasteiger partial charge in [0.2, 0.25) is 5.91 Å². The van der Waals surface area contributed by atoms with Gasteiger partial charge >= 0.3 is 0 Å². The molecule has 0 aromatic rings. The van der Waals surface area contributed by atoms with Crippen LogP contribution in [0.15, 0.2) is 0 Å². The zero-order valence-electron chi connectivity index (χ0n) is 9.25. The van der Waals surface area contributed by atoms with Crippen molar-refractivity contribution in [2.24, 2.45) is 0 Å². The summed E-state index contributed by atoms with van der Waals surface area (Å²) in [7, 11) is 1.91. The Labute approximate surface area is 103 Å². The summed E-state index contributed by atoms with van der Waals surface area (Å²) in [6, 6.07) is 0.443. The lowest BCUT2D eigenvalue weighted by atomic mass is 10.1. The van der Waals surface area contributed by atoms with Crippen LogP contribution in [0.1, 0.15) is 25.7 Å². The summed E-state index contributed by atoms with van der Waals surface area (Å²) in [4.78, 5) is 11.4. The van der Waals surface area contributed by atoms with Crippen LogP contribution in [0.25, 0.3) is 0 Å². The van der Waals surface area contributed by atoms with Gasteiger partial charge in [-0.05, 0) is 44.4 Å². The van der Waals surface area contributed by atoms with E-state index in [1.807, 2.05) is 18.8 Å². The fourth-order valence-electron chi connectivity index (χ4n) is 1.57. The summed E-state index contributed by atoms with van der Waals surface area (Å²) < 4.78 is 0. The molecule has 5 heteroatoms. The number of nitrogens with one attached hydrogen (secondary N) is 2. The monoisotopic (exact) mass is 252 g/mol. The van der Waals surface area contributed by atoms with E-state index in [0.29, 0.717) is 12.5 Å². The number of hydrogen-bond donors (Lipinski definition) is 2. The van der Waals surface area contributed by atoms with Crippen LogP contribution in [0.3, 0.4) is 0 Å². The molecule has 0 atom stereocenters. The predicted octanol–water partition coefficient (Wildman–Crippen LogP) is 1.42. The molecule has 1 rings (SSSR count). The van der Waals surface area contributed by atoms with Crippen molar-refractivity contribution in [1.82, 2.24) is 10.6 Å². The summed E-state index contributed by atoms with van der Waals surface area (Å²) >= 11 is 1.99. The van der Waals surface area contributed by atoms with E-state index in [2.05, 4.69) is 10.6 Å². The van der Waals surface area contributed by atoms with Crippen LogP contribution >= 0.6 is 24.2 Å². The third kappa shape index (κ3) is 7.03. The van der Waals surface area contributed by atoms with Crippen LogP contribution < -0.4 is 10.6 Å². The number of amides is 1. The van der Waals surface area contributed by atoms with E-state index < -0.39 is 0 Å². The van der Waals surface area contributed by atoms with Gasteiger partial charge < -0.3 is 10.6 Å². The minimum Gasteiger partial charge on any atom is -0.353 e.